The van der Waals surface area contributed by atoms with Crippen LogP contribution in [0.5, 0.6) is 0 Å². The van der Waals surface area contributed by atoms with Gasteiger partial charge < -0.3 is 15.2 Å². The number of piperidine rings is 2. The molecule has 3 aromatic carbocycles. The van der Waals surface area contributed by atoms with E-state index in [1.807, 2.05) is 12.1 Å². The molecule has 0 radical (unpaired) electrons. The van der Waals surface area contributed by atoms with Gasteiger partial charge in [0, 0.05) is 25.6 Å². The summed E-state index contributed by atoms with van der Waals surface area (Å²) in [6.45, 7) is 5.35. The van der Waals surface area contributed by atoms with E-state index in [1.165, 1.54) is 56.3 Å². The van der Waals surface area contributed by atoms with Gasteiger partial charge in [0.1, 0.15) is 0 Å². The van der Waals surface area contributed by atoms with Crippen molar-refractivity contribution in [1.29, 1.82) is 0 Å². The number of ketones is 1. The minimum atomic E-state index is -0.155. The molecule has 6 rings (SSSR count). The molecule has 6 nitrogen and oxygen atoms in total. The van der Waals surface area contributed by atoms with Gasteiger partial charge in [0.05, 0.1) is 11.0 Å². The molecule has 6 heteroatoms. The Morgan fingerprint density at radius 3 is 2.00 bits per heavy atom. The molecule has 4 aromatic rings. The highest BCUT2D eigenvalue weighted by Gasteiger charge is 2.20. The van der Waals surface area contributed by atoms with Crippen LogP contribution in [0, 0.1) is 11.8 Å². The van der Waals surface area contributed by atoms with Crippen LogP contribution in [0.4, 0.5) is 0 Å². The SMILES string of the molecule is Cn1c(=O)[nH]c2cc(C(=O)CCN3CCC(Cc4ccccc4)CC3)ccc21.c1ccc(CC2CCNCC2)cc1. The molecule has 2 aliphatic heterocycles. The Balaban J connectivity index is 0.000000216. The maximum Gasteiger partial charge on any atom is 0.326 e. The fourth-order valence-electron chi connectivity index (χ4n) is 6.21. The lowest BCUT2D eigenvalue weighted by atomic mass is 9.90. The molecule has 3 heterocycles. The third-order valence-corrected chi connectivity index (χ3v) is 8.78. The molecular weight excluding hydrogens is 508 g/mol. The Labute approximate surface area is 243 Å². The number of hydrogen-bond donors (Lipinski definition) is 2. The predicted octanol–water partition coefficient (Wildman–Crippen LogP) is 5.62. The van der Waals surface area contributed by atoms with E-state index in [0.717, 1.165) is 48.9 Å². The molecule has 2 saturated heterocycles. The molecular formula is C35H44N4O2. The van der Waals surface area contributed by atoms with Gasteiger partial charge in [0.15, 0.2) is 5.78 Å². The van der Waals surface area contributed by atoms with Crippen LogP contribution in [-0.4, -0.2) is 53.0 Å². The zero-order valence-electron chi connectivity index (χ0n) is 24.4. The smallest absolute Gasteiger partial charge is 0.317 e. The molecule has 0 amide bonds. The van der Waals surface area contributed by atoms with Gasteiger partial charge in [0.25, 0.3) is 0 Å². The van der Waals surface area contributed by atoms with Crippen molar-refractivity contribution in [1.82, 2.24) is 19.8 Å². The third-order valence-electron chi connectivity index (χ3n) is 8.78. The Bertz CT molecular complexity index is 1430. The molecule has 2 N–H and O–H groups in total. The van der Waals surface area contributed by atoms with Gasteiger partial charge in [-0.3, -0.25) is 9.36 Å². The van der Waals surface area contributed by atoms with Crippen molar-refractivity contribution >= 4 is 16.8 Å². The topological polar surface area (TPSA) is 70.1 Å². The predicted molar refractivity (Wildman–Crippen MR) is 168 cm³/mol. The second-order valence-corrected chi connectivity index (χ2v) is 11.8. The number of hydrogen-bond acceptors (Lipinski definition) is 4. The Hall–Kier alpha value is -3.48. The number of rotatable bonds is 8. The summed E-state index contributed by atoms with van der Waals surface area (Å²) in [5.41, 5.74) is 4.98. The lowest BCUT2D eigenvalue weighted by molar-refractivity contribution is 0.0951. The first-order chi connectivity index (χ1) is 20.0. The molecule has 1 aromatic heterocycles. The first-order valence-corrected chi connectivity index (χ1v) is 15.3. The molecule has 0 atom stereocenters. The highest BCUT2D eigenvalue weighted by atomic mass is 16.1. The van der Waals surface area contributed by atoms with Gasteiger partial charge in [-0.2, -0.15) is 0 Å². The number of nitrogens with zero attached hydrogens (tertiary/aromatic N) is 2. The number of Topliss-reactive ketones (excluding diaryl/α,β-unsaturated/α-hetero) is 1. The van der Waals surface area contributed by atoms with Crippen molar-refractivity contribution in [2.24, 2.45) is 18.9 Å². The van der Waals surface area contributed by atoms with E-state index in [2.05, 4.69) is 75.9 Å². The highest BCUT2D eigenvalue weighted by molar-refractivity contribution is 5.99. The quantitative estimate of drug-likeness (QED) is 0.278. The Morgan fingerprint density at radius 1 is 0.805 bits per heavy atom. The van der Waals surface area contributed by atoms with Crippen LogP contribution in [0.25, 0.3) is 11.0 Å². The summed E-state index contributed by atoms with van der Waals surface area (Å²) in [6, 6.07) is 27.0. The molecule has 2 aliphatic rings. The summed E-state index contributed by atoms with van der Waals surface area (Å²) in [6.07, 6.45) is 8.02. The maximum absolute atomic E-state index is 12.6. The Morgan fingerprint density at radius 2 is 1.39 bits per heavy atom. The number of aromatic nitrogens is 2. The zero-order chi connectivity index (χ0) is 28.4. The largest absolute Gasteiger partial charge is 0.326 e. The fraction of sp³-hybridized carbons (Fsp3) is 0.429. The van der Waals surface area contributed by atoms with Crippen molar-refractivity contribution in [3.05, 3.63) is 106 Å². The number of carbonyl (C=O) groups is 1. The van der Waals surface area contributed by atoms with Crippen molar-refractivity contribution < 1.29 is 4.79 Å². The molecule has 0 bridgehead atoms. The van der Waals surface area contributed by atoms with Gasteiger partial charge >= 0.3 is 5.69 Å². The van der Waals surface area contributed by atoms with Crippen LogP contribution < -0.4 is 11.0 Å². The fourth-order valence-corrected chi connectivity index (χ4v) is 6.21. The van der Waals surface area contributed by atoms with Gasteiger partial charge in [-0.05, 0) is 106 Å². The molecule has 0 aliphatic carbocycles. The number of aromatic amines is 1. The van der Waals surface area contributed by atoms with E-state index in [9.17, 15) is 9.59 Å². The van der Waals surface area contributed by atoms with Crippen LogP contribution >= 0.6 is 0 Å². The lowest BCUT2D eigenvalue weighted by Gasteiger charge is -2.31. The van der Waals surface area contributed by atoms with Crippen molar-refractivity contribution in [3.8, 4) is 0 Å². The van der Waals surface area contributed by atoms with Crippen LogP contribution in [0.15, 0.2) is 83.7 Å². The third kappa shape index (κ3) is 8.27. The number of nitrogens with one attached hydrogen (secondary N) is 2. The number of likely N-dealkylation sites (tertiary alicyclic amines) is 1. The maximum atomic E-state index is 12.6. The summed E-state index contributed by atoms with van der Waals surface area (Å²) in [5, 5.41) is 3.40. The molecule has 2 fully saturated rings. The monoisotopic (exact) mass is 552 g/mol. The second-order valence-electron chi connectivity index (χ2n) is 11.8. The lowest BCUT2D eigenvalue weighted by Crippen LogP contribution is -2.35. The Kier molecular flexibility index (Phi) is 10.2. The first-order valence-electron chi connectivity index (χ1n) is 15.3. The minimum Gasteiger partial charge on any atom is -0.317 e. The highest BCUT2D eigenvalue weighted by Crippen LogP contribution is 2.22. The van der Waals surface area contributed by atoms with E-state index >= 15 is 0 Å². The van der Waals surface area contributed by atoms with Crippen LogP contribution in [0.2, 0.25) is 0 Å². The van der Waals surface area contributed by atoms with E-state index in [4.69, 9.17) is 0 Å². The van der Waals surface area contributed by atoms with E-state index in [-0.39, 0.29) is 11.5 Å². The molecule has 0 spiro atoms. The van der Waals surface area contributed by atoms with Gasteiger partial charge in [-0.1, -0.05) is 60.7 Å². The van der Waals surface area contributed by atoms with Crippen LogP contribution in [0.1, 0.15) is 53.6 Å². The molecule has 0 unspecified atom stereocenters. The number of aryl methyl sites for hydroxylation is 1. The van der Waals surface area contributed by atoms with E-state index < -0.39 is 0 Å². The number of benzene rings is 3. The second kappa shape index (κ2) is 14.4. The zero-order valence-corrected chi connectivity index (χ0v) is 24.4. The minimum absolute atomic E-state index is 0.137. The molecule has 0 saturated carbocycles. The number of carbonyl (C=O) groups excluding carboxylic acids is 1. The first kappa shape index (κ1) is 29.0. The standard InChI is InChI=1S/C23H27N3O2.C12H17N/c1-25-21-8-7-19(16-20(21)24-23(25)28)22(27)11-14-26-12-9-18(10-13-26)15-17-5-3-2-4-6-17;1-2-4-11(5-3-1)10-12-6-8-13-9-7-12/h2-8,16,18H,9-15H2,1H3,(H,24,28);1-5,12-13H,6-10H2. The average molecular weight is 553 g/mol. The van der Waals surface area contributed by atoms with Crippen molar-refractivity contribution in [2.45, 2.75) is 44.9 Å². The number of fused-ring (bicyclic) bond motifs is 1. The summed E-state index contributed by atoms with van der Waals surface area (Å²) in [7, 11) is 1.73. The summed E-state index contributed by atoms with van der Waals surface area (Å²) >= 11 is 0. The van der Waals surface area contributed by atoms with E-state index in [1.54, 1.807) is 17.7 Å². The molecule has 41 heavy (non-hydrogen) atoms. The van der Waals surface area contributed by atoms with Crippen LogP contribution in [-0.2, 0) is 19.9 Å². The van der Waals surface area contributed by atoms with Crippen molar-refractivity contribution in [2.75, 3.05) is 32.7 Å². The molecule has 216 valence electrons. The number of H-pyrrole nitrogens is 1. The van der Waals surface area contributed by atoms with Gasteiger partial charge in [-0.15, -0.1) is 0 Å². The number of imidazole rings is 1. The van der Waals surface area contributed by atoms with E-state index in [0.29, 0.717) is 12.0 Å². The van der Waals surface area contributed by atoms with Crippen LogP contribution in [0.3, 0.4) is 0 Å². The summed E-state index contributed by atoms with van der Waals surface area (Å²) < 4.78 is 1.56. The van der Waals surface area contributed by atoms with Gasteiger partial charge in [-0.25, -0.2) is 4.79 Å². The van der Waals surface area contributed by atoms with Crippen molar-refractivity contribution in [3.63, 3.8) is 0 Å². The average Bonchev–Trinajstić information content (AvgIpc) is 3.30. The summed E-state index contributed by atoms with van der Waals surface area (Å²) in [5.74, 6) is 1.79. The summed E-state index contributed by atoms with van der Waals surface area (Å²) in [4.78, 5) is 29.5. The van der Waals surface area contributed by atoms with Gasteiger partial charge in [0.2, 0.25) is 0 Å². The normalized spacial score (nSPS) is 16.8.